The maximum Gasteiger partial charge on any atom is 0.314 e. The first-order chi connectivity index (χ1) is 8.12. The van der Waals surface area contributed by atoms with E-state index in [1.165, 1.54) is 13.0 Å². The third-order valence-corrected chi connectivity index (χ3v) is 12.1. The van der Waals surface area contributed by atoms with Crippen LogP contribution in [0.15, 0.2) is 0 Å². The summed E-state index contributed by atoms with van der Waals surface area (Å²) in [5.74, 6) is 0. The molecule has 0 aromatic carbocycles. The van der Waals surface area contributed by atoms with E-state index >= 15 is 0 Å². The molecule has 0 aromatic heterocycles. The summed E-state index contributed by atoms with van der Waals surface area (Å²) in [6, 6.07) is 1.12. The van der Waals surface area contributed by atoms with Gasteiger partial charge in [0.25, 0.3) is 0 Å². The van der Waals surface area contributed by atoms with E-state index in [4.69, 9.17) is 8.23 Å². The number of rotatable bonds is 8. The number of halogens is 1. The highest BCUT2D eigenvalue weighted by Crippen LogP contribution is 2.25. The van der Waals surface area contributed by atoms with Gasteiger partial charge in [0, 0.05) is 0 Å². The zero-order valence-corrected chi connectivity index (χ0v) is 19.8. The third kappa shape index (κ3) is 14.0. The SMILES string of the molecule is C[N+](C)(C)CCC[Si](C)(O[Si](C)(C)C)O[Si](C)(C)C.[Br-]. The summed E-state index contributed by atoms with van der Waals surface area (Å²) < 4.78 is 14.0. The van der Waals surface area contributed by atoms with Gasteiger partial charge in [0.2, 0.25) is 0 Å². The number of quaternary nitrogens is 1. The second-order valence-electron chi connectivity index (χ2n) is 8.68. The average molecular weight is 403 g/mol. The van der Waals surface area contributed by atoms with Crippen molar-refractivity contribution in [1.29, 1.82) is 0 Å². The van der Waals surface area contributed by atoms with Crippen molar-refractivity contribution in [1.82, 2.24) is 0 Å². The van der Waals surface area contributed by atoms with Crippen molar-refractivity contribution in [2.75, 3.05) is 27.7 Å². The molecule has 0 aromatic rings. The summed E-state index contributed by atoms with van der Waals surface area (Å²) in [4.78, 5) is 0. The van der Waals surface area contributed by atoms with Crippen LogP contribution < -0.4 is 17.0 Å². The summed E-state index contributed by atoms with van der Waals surface area (Å²) in [6.45, 7) is 17.1. The van der Waals surface area contributed by atoms with Gasteiger partial charge >= 0.3 is 8.56 Å². The molecule has 0 saturated heterocycles. The molecule has 0 unspecified atom stereocenters. The van der Waals surface area contributed by atoms with E-state index in [1.807, 2.05) is 0 Å². The molecule has 0 saturated carbocycles. The molecule has 0 rings (SSSR count). The van der Waals surface area contributed by atoms with Gasteiger partial charge in [0.05, 0.1) is 27.7 Å². The quantitative estimate of drug-likeness (QED) is 0.443. The Labute approximate surface area is 140 Å². The van der Waals surface area contributed by atoms with Crippen molar-refractivity contribution in [2.45, 2.75) is 58.3 Å². The van der Waals surface area contributed by atoms with E-state index in [9.17, 15) is 0 Å². The first-order valence-electron chi connectivity index (χ1n) is 7.33. The van der Waals surface area contributed by atoms with E-state index in [-0.39, 0.29) is 17.0 Å². The second-order valence-corrected chi connectivity index (χ2v) is 21.5. The summed E-state index contributed by atoms with van der Waals surface area (Å²) in [7, 11) is 1.67. The van der Waals surface area contributed by atoms with Gasteiger partial charge in [-0.2, -0.15) is 0 Å². The Morgan fingerprint density at radius 2 is 1.10 bits per heavy atom. The van der Waals surface area contributed by atoms with Crippen LogP contribution in [0.1, 0.15) is 6.42 Å². The molecular weight excluding hydrogens is 366 g/mol. The minimum atomic E-state index is -2.01. The van der Waals surface area contributed by atoms with Gasteiger partial charge in [0.15, 0.2) is 16.6 Å². The standard InChI is InChI=1S/C13H36NO2Si3.BrH/c1-14(2,3)12-11-13-19(10,15-17(4,5)6)16-18(7,8)9;/h11-13H2,1-10H3;1H/q+1;/p-1. The van der Waals surface area contributed by atoms with E-state index in [0.29, 0.717) is 0 Å². The molecule has 0 aliphatic heterocycles. The lowest BCUT2D eigenvalue weighted by atomic mass is 10.4. The van der Waals surface area contributed by atoms with Gasteiger partial charge < -0.3 is 29.7 Å². The largest absolute Gasteiger partial charge is 1.00 e. The lowest BCUT2D eigenvalue weighted by Gasteiger charge is -2.39. The highest BCUT2D eigenvalue weighted by Gasteiger charge is 2.40. The molecule has 0 N–H and O–H groups in total. The van der Waals surface area contributed by atoms with Crippen molar-refractivity contribution >= 4 is 25.2 Å². The summed E-state index contributed by atoms with van der Waals surface area (Å²) in [5.41, 5.74) is 0. The first kappa shape index (κ1) is 23.3. The van der Waals surface area contributed by atoms with E-state index in [0.717, 1.165) is 10.5 Å². The third-order valence-electron chi connectivity index (χ3n) is 2.50. The van der Waals surface area contributed by atoms with E-state index in [2.05, 4.69) is 67.0 Å². The predicted molar refractivity (Wildman–Crippen MR) is 92.8 cm³/mol. The molecular formula is C13H36BrNO2Si3. The minimum Gasteiger partial charge on any atom is -1.00 e. The summed E-state index contributed by atoms with van der Waals surface area (Å²) in [5, 5.41) is 0. The van der Waals surface area contributed by atoms with Gasteiger partial charge in [-0.1, -0.05) is 0 Å². The van der Waals surface area contributed by atoms with Crippen LogP contribution in [0, 0.1) is 0 Å². The monoisotopic (exact) mass is 401 g/mol. The van der Waals surface area contributed by atoms with E-state index < -0.39 is 25.2 Å². The highest BCUT2D eigenvalue weighted by atomic mass is 79.9. The Kier molecular flexibility index (Phi) is 9.35. The molecule has 0 spiro atoms. The molecule has 7 heteroatoms. The van der Waals surface area contributed by atoms with Crippen LogP contribution >= 0.6 is 0 Å². The number of hydrogen-bond acceptors (Lipinski definition) is 2. The minimum absolute atomic E-state index is 0. The smallest absolute Gasteiger partial charge is 0.314 e. The summed E-state index contributed by atoms with van der Waals surface area (Å²) in [6.07, 6.45) is 1.20. The van der Waals surface area contributed by atoms with Crippen LogP contribution in [-0.4, -0.2) is 57.4 Å². The fraction of sp³-hybridized carbons (Fsp3) is 1.00. The molecule has 0 heterocycles. The van der Waals surface area contributed by atoms with Crippen molar-refractivity contribution < 1.29 is 29.7 Å². The average Bonchev–Trinajstić information content (AvgIpc) is 1.90. The van der Waals surface area contributed by atoms with Gasteiger partial charge in [0.1, 0.15) is 0 Å². The Hall–Kier alpha value is 1.01. The topological polar surface area (TPSA) is 18.5 Å². The zero-order valence-electron chi connectivity index (χ0n) is 15.3. The summed E-state index contributed by atoms with van der Waals surface area (Å²) >= 11 is 0. The van der Waals surface area contributed by atoms with Crippen molar-refractivity contribution in [3.05, 3.63) is 0 Å². The fourth-order valence-electron chi connectivity index (χ4n) is 2.29. The first-order valence-corrected chi connectivity index (χ1v) is 16.7. The second kappa shape index (κ2) is 8.03. The molecule has 0 radical (unpaired) electrons. The van der Waals surface area contributed by atoms with Gasteiger partial charge in [-0.3, -0.25) is 0 Å². The van der Waals surface area contributed by atoms with Crippen molar-refractivity contribution in [3.8, 4) is 0 Å². The zero-order chi connectivity index (χ0) is 15.5. The Balaban J connectivity index is 0. The van der Waals surface area contributed by atoms with Gasteiger partial charge in [-0.15, -0.1) is 0 Å². The van der Waals surface area contributed by atoms with E-state index in [1.54, 1.807) is 0 Å². The molecule has 0 atom stereocenters. The molecule has 124 valence electrons. The van der Waals surface area contributed by atoms with Crippen LogP contribution in [-0.2, 0) is 8.23 Å². The lowest BCUT2D eigenvalue weighted by Crippen LogP contribution is -3.00. The van der Waals surface area contributed by atoms with Crippen LogP contribution in [0.4, 0.5) is 0 Å². The maximum absolute atomic E-state index is 6.50. The van der Waals surface area contributed by atoms with Crippen LogP contribution in [0.5, 0.6) is 0 Å². The Morgan fingerprint density at radius 1 is 0.750 bits per heavy atom. The number of nitrogens with zero attached hydrogens (tertiary/aromatic N) is 1. The fourth-order valence-corrected chi connectivity index (χ4v) is 14.8. The molecule has 3 nitrogen and oxygen atoms in total. The van der Waals surface area contributed by atoms with Crippen LogP contribution in [0.3, 0.4) is 0 Å². The molecule has 0 aliphatic rings. The molecule has 0 fully saturated rings. The van der Waals surface area contributed by atoms with Gasteiger partial charge in [-0.05, 0) is 58.3 Å². The lowest BCUT2D eigenvalue weighted by molar-refractivity contribution is -0.870. The molecule has 0 bridgehead atoms. The normalized spacial score (nSPS) is 14.1. The van der Waals surface area contributed by atoms with Gasteiger partial charge in [-0.25, -0.2) is 0 Å². The highest BCUT2D eigenvalue weighted by molar-refractivity contribution is 6.87. The number of hydrogen-bond donors (Lipinski definition) is 0. The molecule has 20 heavy (non-hydrogen) atoms. The van der Waals surface area contributed by atoms with Crippen molar-refractivity contribution in [3.63, 3.8) is 0 Å². The predicted octanol–water partition coefficient (Wildman–Crippen LogP) is 0.862. The van der Waals surface area contributed by atoms with Crippen LogP contribution in [0.25, 0.3) is 0 Å². The van der Waals surface area contributed by atoms with Crippen LogP contribution in [0.2, 0.25) is 51.9 Å². The Bertz CT molecular complexity index is 267. The van der Waals surface area contributed by atoms with Crippen molar-refractivity contribution in [2.24, 2.45) is 0 Å². The molecule has 0 aliphatic carbocycles. The maximum atomic E-state index is 6.50. The molecule has 0 amide bonds. The Morgan fingerprint density at radius 3 is 1.35 bits per heavy atom.